The molecule has 232 valence electrons. The molecule has 3 heterocycles. The fourth-order valence-electron chi connectivity index (χ4n) is 8.11. The number of hydrogen-bond acceptors (Lipinski definition) is 7. The van der Waals surface area contributed by atoms with Crippen molar-refractivity contribution in [1.82, 2.24) is 15.0 Å². The summed E-state index contributed by atoms with van der Waals surface area (Å²) in [5, 5.41) is 13.6. The topological polar surface area (TPSA) is 89.4 Å². The van der Waals surface area contributed by atoms with Gasteiger partial charge in [0.1, 0.15) is 6.10 Å². The molecule has 0 spiro atoms. The van der Waals surface area contributed by atoms with Crippen LogP contribution in [-0.4, -0.2) is 57.7 Å². The Morgan fingerprint density at radius 3 is 2.62 bits per heavy atom. The average molecular weight is 591 g/mol. The molecule has 0 aromatic carbocycles. The summed E-state index contributed by atoms with van der Waals surface area (Å²) in [6, 6.07) is -0.857. The molecule has 3 aliphatic carbocycles. The Bertz CT molecular complexity index is 1200. The molecule has 2 aromatic rings. The van der Waals surface area contributed by atoms with E-state index in [4.69, 9.17) is 19.4 Å². The van der Waals surface area contributed by atoms with Gasteiger partial charge in [-0.2, -0.15) is 13.2 Å². The second-order valence-electron chi connectivity index (χ2n) is 13.6. The van der Waals surface area contributed by atoms with Crippen molar-refractivity contribution in [3.05, 3.63) is 18.0 Å². The molecule has 10 heteroatoms. The number of aliphatic hydroxyl groups excluding tert-OH is 1. The van der Waals surface area contributed by atoms with E-state index < -0.39 is 18.6 Å². The molecule has 3 saturated carbocycles. The lowest BCUT2D eigenvalue weighted by Crippen LogP contribution is -2.38. The monoisotopic (exact) mass is 590 g/mol. The van der Waals surface area contributed by atoms with Crippen LogP contribution in [0, 0.1) is 23.7 Å². The maximum atomic E-state index is 13.0. The maximum Gasteiger partial charge on any atom is 0.391 e. The van der Waals surface area contributed by atoms with Crippen LogP contribution in [0.1, 0.15) is 102 Å². The molecular weight excluding hydrogens is 545 g/mol. The van der Waals surface area contributed by atoms with E-state index in [1.807, 2.05) is 6.20 Å². The third-order valence-electron chi connectivity index (χ3n) is 10.3. The predicted molar refractivity (Wildman–Crippen MR) is 154 cm³/mol. The Kier molecular flexibility index (Phi) is 9.10. The van der Waals surface area contributed by atoms with Gasteiger partial charge in [-0.3, -0.25) is 0 Å². The van der Waals surface area contributed by atoms with Crippen molar-refractivity contribution in [1.29, 1.82) is 0 Å². The second-order valence-corrected chi connectivity index (χ2v) is 13.6. The van der Waals surface area contributed by atoms with E-state index >= 15 is 0 Å². The Balaban J connectivity index is 1.21. The van der Waals surface area contributed by atoms with Crippen LogP contribution in [0.2, 0.25) is 0 Å². The number of fused-ring (bicyclic) bond motifs is 3. The first-order chi connectivity index (χ1) is 20.2. The molecule has 42 heavy (non-hydrogen) atoms. The lowest BCUT2D eigenvalue weighted by atomic mass is 9.64. The van der Waals surface area contributed by atoms with Crippen molar-refractivity contribution in [2.24, 2.45) is 23.7 Å². The highest BCUT2D eigenvalue weighted by Gasteiger charge is 2.39. The molecule has 6 rings (SSSR count). The summed E-state index contributed by atoms with van der Waals surface area (Å²) in [5.41, 5.74) is 1.64. The van der Waals surface area contributed by atoms with Gasteiger partial charge in [0.05, 0.1) is 23.4 Å². The number of nitrogens with zero attached hydrogens (tertiary/aromatic N) is 3. The van der Waals surface area contributed by atoms with Crippen molar-refractivity contribution >= 4 is 16.9 Å². The molecule has 1 unspecified atom stereocenters. The van der Waals surface area contributed by atoms with Gasteiger partial charge in [0.15, 0.2) is 0 Å². The van der Waals surface area contributed by atoms with Crippen LogP contribution in [0.3, 0.4) is 0 Å². The van der Waals surface area contributed by atoms with E-state index in [-0.39, 0.29) is 24.1 Å². The van der Waals surface area contributed by atoms with Gasteiger partial charge in [-0.25, -0.2) is 15.0 Å². The summed E-state index contributed by atoms with van der Waals surface area (Å²) in [5.74, 6) is 3.69. The Labute approximate surface area is 246 Å². The number of rotatable bonds is 9. The second kappa shape index (κ2) is 12.8. The molecule has 1 aliphatic heterocycles. The minimum Gasteiger partial charge on any atom is -0.474 e. The van der Waals surface area contributed by atoms with Crippen LogP contribution in [0.4, 0.5) is 19.1 Å². The number of alkyl halides is 3. The number of pyridine rings is 1. The van der Waals surface area contributed by atoms with Gasteiger partial charge in [0, 0.05) is 37.2 Å². The normalized spacial score (nSPS) is 32.5. The van der Waals surface area contributed by atoms with Crippen LogP contribution in [0.25, 0.3) is 10.9 Å². The smallest absolute Gasteiger partial charge is 0.391 e. The first-order valence-corrected chi connectivity index (χ1v) is 16.1. The van der Waals surface area contributed by atoms with Crippen molar-refractivity contribution in [2.45, 2.75) is 121 Å². The molecule has 2 N–H and O–H groups in total. The lowest BCUT2D eigenvalue weighted by molar-refractivity contribution is -0.136. The number of aromatic nitrogens is 3. The zero-order chi connectivity index (χ0) is 29.3. The molecule has 1 saturated heterocycles. The van der Waals surface area contributed by atoms with E-state index in [1.165, 1.54) is 45.4 Å². The van der Waals surface area contributed by atoms with E-state index in [0.29, 0.717) is 41.5 Å². The quantitative estimate of drug-likeness (QED) is 0.320. The van der Waals surface area contributed by atoms with Crippen molar-refractivity contribution in [3.8, 4) is 5.88 Å². The highest BCUT2D eigenvalue weighted by atomic mass is 19.4. The third-order valence-corrected chi connectivity index (χ3v) is 10.3. The molecule has 4 aliphatic rings. The molecule has 4 fully saturated rings. The third kappa shape index (κ3) is 7.29. The largest absolute Gasteiger partial charge is 0.474 e. The maximum absolute atomic E-state index is 13.0. The van der Waals surface area contributed by atoms with Crippen LogP contribution in [0.15, 0.2) is 12.4 Å². The van der Waals surface area contributed by atoms with Crippen molar-refractivity contribution in [3.63, 3.8) is 0 Å². The molecule has 0 amide bonds. The molecule has 2 aromatic heterocycles. The summed E-state index contributed by atoms with van der Waals surface area (Å²) >= 11 is 0. The SMILES string of the molecule is C[C@@H](CC(F)(F)F)Nc1ncc2c(O[C@@H]3C[C@H]4CCC(CC[C@H]5CCOC5)[C@H](C4)C3)ncc([C@H]3CC[C@H](O)CC3)c2n1. The van der Waals surface area contributed by atoms with Crippen LogP contribution < -0.4 is 10.1 Å². The zero-order valence-corrected chi connectivity index (χ0v) is 24.6. The number of hydrogen-bond donors (Lipinski definition) is 2. The van der Waals surface area contributed by atoms with E-state index in [0.717, 1.165) is 56.3 Å². The summed E-state index contributed by atoms with van der Waals surface area (Å²) in [4.78, 5) is 13.9. The number of ether oxygens (including phenoxy) is 2. The summed E-state index contributed by atoms with van der Waals surface area (Å²) in [6.07, 6.45) is 10.8. The number of nitrogens with one attached hydrogen (secondary N) is 1. The minimum absolute atomic E-state index is 0.0855. The van der Waals surface area contributed by atoms with E-state index in [1.54, 1.807) is 6.20 Å². The van der Waals surface area contributed by atoms with Gasteiger partial charge >= 0.3 is 6.18 Å². The van der Waals surface area contributed by atoms with Gasteiger partial charge in [-0.15, -0.1) is 0 Å². The fraction of sp³-hybridized carbons (Fsp3) is 0.781. The fourth-order valence-corrected chi connectivity index (χ4v) is 8.11. The predicted octanol–water partition coefficient (Wildman–Crippen LogP) is 7.19. The lowest BCUT2D eigenvalue weighted by Gasteiger charge is -2.43. The van der Waals surface area contributed by atoms with Gasteiger partial charge < -0.3 is 19.9 Å². The van der Waals surface area contributed by atoms with Gasteiger partial charge in [-0.05, 0) is 107 Å². The summed E-state index contributed by atoms with van der Waals surface area (Å²) < 4.78 is 51.2. The van der Waals surface area contributed by atoms with Gasteiger partial charge in [0.2, 0.25) is 11.8 Å². The zero-order valence-electron chi connectivity index (χ0n) is 24.6. The van der Waals surface area contributed by atoms with Crippen LogP contribution in [0.5, 0.6) is 5.88 Å². The van der Waals surface area contributed by atoms with Crippen LogP contribution >= 0.6 is 0 Å². The number of halogens is 3. The van der Waals surface area contributed by atoms with Crippen LogP contribution in [-0.2, 0) is 4.74 Å². The highest BCUT2D eigenvalue weighted by molar-refractivity contribution is 5.86. The summed E-state index contributed by atoms with van der Waals surface area (Å²) in [7, 11) is 0. The minimum atomic E-state index is -4.27. The molecule has 2 bridgehead atoms. The van der Waals surface area contributed by atoms with Crippen molar-refractivity contribution in [2.75, 3.05) is 18.5 Å². The first kappa shape index (κ1) is 29.9. The molecular formula is C32H45F3N4O3. The number of anilines is 1. The highest BCUT2D eigenvalue weighted by Crippen LogP contribution is 2.47. The Morgan fingerprint density at radius 2 is 1.86 bits per heavy atom. The Morgan fingerprint density at radius 1 is 1.02 bits per heavy atom. The van der Waals surface area contributed by atoms with Gasteiger partial charge in [-0.1, -0.05) is 6.42 Å². The van der Waals surface area contributed by atoms with Crippen molar-refractivity contribution < 1.29 is 27.8 Å². The molecule has 7 nitrogen and oxygen atoms in total. The van der Waals surface area contributed by atoms with E-state index in [9.17, 15) is 18.3 Å². The first-order valence-electron chi connectivity index (χ1n) is 16.1. The molecule has 0 radical (unpaired) electrons. The van der Waals surface area contributed by atoms with Gasteiger partial charge in [0.25, 0.3) is 0 Å². The average Bonchev–Trinajstić information content (AvgIpc) is 3.46. The summed E-state index contributed by atoms with van der Waals surface area (Å²) in [6.45, 7) is 3.32. The standard InChI is InChI=1S/C32H45F3N4O3/c1-19(15-32(33,34)35)38-31-37-17-28-29(39-31)27(23-6-8-25(40)9-7-23)16-36-30(28)42-26-13-21-3-5-22(24(12-21)14-26)4-2-20-10-11-41-18-20/h16-17,19-26,40H,2-15,18H2,1H3,(H,37,38,39)/t19-,20-,21-,22?,23-,24+,25-,26+/m0/s1. The van der Waals surface area contributed by atoms with E-state index in [2.05, 4.69) is 10.3 Å². The molecule has 6 atom stereocenters. The number of aliphatic hydroxyl groups is 1. The Hall–Kier alpha value is -2.20.